The lowest BCUT2D eigenvalue weighted by atomic mass is 10.0. The number of nitriles is 1. The number of rotatable bonds is 8. The van der Waals surface area contributed by atoms with Gasteiger partial charge in [0.25, 0.3) is 0 Å². The molecule has 0 amide bonds. The van der Waals surface area contributed by atoms with Crippen molar-refractivity contribution in [1.29, 1.82) is 5.26 Å². The van der Waals surface area contributed by atoms with Crippen molar-refractivity contribution in [1.82, 2.24) is 0 Å². The van der Waals surface area contributed by atoms with Crippen LogP contribution >= 0.6 is 11.6 Å². The zero-order chi connectivity index (χ0) is 19.8. The molecule has 0 saturated carbocycles. The van der Waals surface area contributed by atoms with Crippen LogP contribution < -0.4 is 14.2 Å². The van der Waals surface area contributed by atoms with E-state index in [1.54, 1.807) is 36.4 Å². The number of carbonyl (C=O) groups excluding carboxylic acids is 1. The largest absolute Gasteiger partial charge is 0.497 e. The molecule has 0 fully saturated rings. The molecule has 2 rings (SSSR count). The molecular formula is C21H20ClNO4. The van der Waals surface area contributed by atoms with Crippen LogP contribution in [0, 0.1) is 11.3 Å². The molecule has 27 heavy (non-hydrogen) atoms. The Labute approximate surface area is 163 Å². The minimum atomic E-state index is -0.405. The summed E-state index contributed by atoms with van der Waals surface area (Å²) in [5.41, 5.74) is 0.903. The quantitative estimate of drug-likeness (QED) is 0.366. The number of hydrogen-bond donors (Lipinski definition) is 0. The van der Waals surface area contributed by atoms with Gasteiger partial charge in [-0.25, -0.2) is 0 Å². The van der Waals surface area contributed by atoms with Gasteiger partial charge in [0.2, 0.25) is 5.78 Å². The van der Waals surface area contributed by atoms with Crippen molar-refractivity contribution in [3.63, 3.8) is 0 Å². The highest BCUT2D eigenvalue weighted by molar-refractivity contribution is 6.32. The molecule has 0 aromatic heterocycles. The van der Waals surface area contributed by atoms with Crippen LogP contribution in [-0.4, -0.2) is 26.6 Å². The average Bonchev–Trinajstić information content (AvgIpc) is 2.70. The maximum Gasteiger partial charge on any atom is 0.203 e. The first-order valence-corrected chi connectivity index (χ1v) is 8.72. The van der Waals surface area contributed by atoms with Crippen LogP contribution in [0.25, 0.3) is 6.08 Å². The van der Waals surface area contributed by atoms with E-state index in [1.165, 1.54) is 20.3 Å². The first-order chi connectivity index (χ1) is 13.0. The number of Topliss-reactive ketones (excluding diaryl/α,β-unsaturated/α-hetero) is 1. The van der Waals surface area contributed by atoms with E-state index < -0.39 is 5.78 Å². The molecule has 0 N–H and O–H groups in total. The Morgan fingerprint density at radius 3 is 2.63 bits per heavy atom. The molecule has 2 aromatic rings. The van der Waals surface area contributed by atoms with Gasteiger partial charge in [-0.3, -0.25) is 4.79 Å². The number of methoxy groups -OCH3 is 2. The van der Waals surface area contributed by atoms with Crippen LogP contribution in [0.1, 0.15) is 29.3 Å². The van der Waals surface area contributed by atoms with Crippen LogP contribution in [-0.2, 0) is 0 Å². The molecular weight excluding hydrogens is 366 g/mol. The first-order valence-electron chi connectivity index (χ1n) is 8.34. The Balaban J connectivity index is 2.40. The van der Waals surface area contributed by atoms with Crippen LogP contribution in [0.4, 0.5) is 0 Å². The minimum Gasteiger partial charge on any atom is -0.497 e. The van der Waals surface area contributed by atoms with Crippen molar-refractivity contribution < 1.29 is 19.0 Å². The van der Waals surface area contributed by atoms with Crippen molar-refractivity contribution >= 4 is 23.5 Å². The summed E-state index contributed by atoms with van der Waals surface area (Å²) in [4.78, 5) is 12.7. The van der Waals surface area contributed by atoms with Gasteiger partial charge < -0.3 is 14.2 Å². The molecule has 140 valence electrons. The summed E-state index contributed by atoms with van der Waals surface area (Å²) in [7, 11) is 3.02. The summed E-state index contributed by atoms with van der Waals surface area (Å²) < 4.78 is 16.1. The van der Waals surface area contributed by atoms with E-state index in [0.717, 1.165) is 6.42 Å². The fraction of sp³-hybridized carbons (Fsp3) is 0.238. The van der Waals surface area contributed by atoms with Gasteiger partial charge in [-0.15, -0.1) is 0 Å². The molecule has 0 aliphatic rings. The Morgan fingerprint density at radius 2 is 2.00 bits per heavy atom. The van der Waals surface area contributed by atoms with Crippen molar-refractivity contribution in [3.8, 4) is 23.3 Å². The van der Waals surface area contributed by atoms with Crippen molar-refractivity contribution in [2.24, 2.45) is 0 Å². The molecule has 0 radical (unpaired) electrons. The van der Waals surface area contributed by atoms with E-state index in [0.29, 0.717) is 40.0 Å². The van der Waals surface area contributed by atoms with Gasteiger partial charge >= 0.3 is 0 Å². The normalized spacial score (nSPS) is 10.9. The van der Waals surface area contributed by atoms with Crippen molar-refractivity contribution in [2.45, 2.75) is 13.3 Å². The molecule has 0 spiro atoms. The van der Waals surface area contributed by atoms with E-state index in [9.17, 15) is 10.1 Å². The predicted molar refractivity (Wildman–Crippen MR) is 105 cm³/mol. The second-order valence-corrected chi connectivity index (χ2v) is 6.02. The molecule has 5 nitrogen and oxygen atoms in total. The van der Waals surface area contributed by atoms with Gasteiger partial charge in [-0.05, 0) is 42.3 Å². The lowest BCUT2D eigenvalue weighted by Crippen LogP contribution is -2.03. The monoisotopic (exact) mass is 385 g/mol. The molecule has 0 aliphatic carbocycles. The number of nitrogens with zero attached hydrogens (tertiary/aromatic N) is 1. The summed E-state index contributed by atoms with van der Waals surface area (Å²) >= 11 is 6.29. The van der Waals surface area contributed by atoms with Gasteiger partial charge in [-0.2, -0.15) is 5.26 Å². The number of ketones is 1. The molecule has 6 heteroatoms. The second-order valence-electron chi connectivity index (χ2n) is 5.61. The van der Waals surface area contributed by atoms with E-state index in [1.807, 2.05) is 13.0 Å². The van der Waals surface area contributed by atoms with Gasteiger partial charge in [0, 0.05) is 5.56 Å². The lowest BCUT2D eigenvalue weighted by Gasteiger charge is -2.13. The number of ether oxygens (including phenoxy) is 3. The molecule has 2 aromatic carbocycles. The highest BCUT2D eigenvalue weighted by Gasteiger charge is 2.15. The molecule has 0 saturated heterocycles. The molecule has 0 aliphatic heterocycles. The number of hydrogen-bond acceptors (Lipinski definition) is 5. The zero-order valence-corrected chi connectivity index (χ0v) is 16.2. The fourth-order valence-electron chi connectivity index (χ4n) is 2.40. The second kappa shape index (κ2) is 9.65. The number of allylic oxidation sites excluding steroid dienone is 1. The third-order valence-corrected chi connectivity index (χ3v) is 3.99. The first kappa shape index (κ1) is 20.3. The zero-order valence-electron chi connectivity index (χ0n) is 15.4. The Hall–Kier alpha value is -2.97. The smallest absolute Gasteiger partial charge is 0.203 e. The SMILES string of the molecule is CCCOc1c(Cl)cc(/C=C(\C#N)C(=O)c2cccc(OC)c2)cc1OC. The lowest BCUT2D eigenvalue weighted by molar-refractivity contribution is 0.103. The van der Waals surface area contributed by atoms with Gasteiger partial charge in [0.15, 0.2) is 11.5 Å². The Morgan fingerprint density at radius 1 is 1.22 bits per heavy atom. The predicted octanol–water partition coefficient (Wildman–Crippen LogP) is 4.94. The summed E-state index contributed by atoms with van der Waals surface area (Å²) in [6.07, 6.45) is 2.30. The highest BCUT2D eigenvalue weighted by Crippen LogP contribution is 2.37. The van der Waals surface area contributed by atoms with E-state index in [-0.39, 0.29) is 5.57 Å². The van der Waals surface area contributed by atoms with Crippen molar-refractivity contribution in [2.75, 3.05) is 20.8 Å². The third kappa shape index (κ3) is 5.02. The summed E-state index contributed by atoms with van der Waals surface area (Å²) in [5, 5.41) is 9.80. The van der Waals surface area contributed by atoms with Crippen LogP contribution in [0.2, 0.25) is 5.02 Å². The highest BCUT2D eigenvalue weighted by atomic mass is 35.5. The van der Waals surface area contributed by atoms with Gasteiger partial charge in [-0.1, -0.05) is 30.7 Å². The van der Waals surface area contributed by atoms with Crippen molar-refractivity contribution in [3.05, 3.63) is 58.1 Å². The van der Waals surface area contributed by atoms with Crippen LogP contribution in [0.15, 0.2) is 42.0 Å². The molecule has 0 atom stereocenters. The maximum absolute atomic E-state index is 12.7. The number of benzene rings is 2. The number of carbonyl (C=O) groups is 1. The van der Waals surface area contributed by atoms with Crippen LogP contribution in [0.5, 0.6) is 17.2 Å². The summed E-state index contributed by atoms with van der Waals surface area (Å²) in [6, 6.07) is 11.9. The third-order valence-electron chi connectivity index (χ3n) is 3.71. The minimum absolute atomic E-state index is 0.0244. The molecule has 0 unspecified atom stereocenters. The molecule has 0 heterocycles. The van der Waals surface area contributed by atoms with Gasteiger partial charge in [0.1, 0.15) is 17.4 Å². The van der Waals surface area contributed by atoms with Gasteiger partial charge in [0.05, 0.1) is 25.8 Å². The maximum atomic E-state index is 12.7. The standard InChI is InChI=1S/C21H20ClNO4/c1-4-8-27-21-18(22)10-14(11-19(21)26-3)9-16(13-23)20(24)15-6-5-7-17(12-15)25-2/h5-7,9-12H,4,8H2,1-3H3/b16-9+. The Bertz CT molecular complexity index is 900. The van der Waals surface area contributed by atoms with E-state index in [2.05, 4.69) is 0 Å². The Kier molecular flexibility index (Phi) is 7.27. The molecule has 0 bridgehead atoms. The topological polar surface area (TPSA) is 68.5 Å². The summed E-state index contributed by atoms with van der Waals surface area (Å²) in [6.45, 7) is 2.49. The fourth-order valence-corrected chi connectivity index (χ4v) is 2.68. The number of halogens is 1. The van der Waals surface area contributed by atoms with Crippen LogP contribution in [0.3, 0.4) is 0 Å². The summed E-state index contributed by atoms with van der Waals surface area (Å²) in [5.74, 6) is 1.02. The average molecular weight is 386 g/mol. The van der Waals surface area contributed by atoms with E-state index in [4.69, 9.17) is 25.8 Å². The van der Waals surface area contributed by atoms with E-state index >= 15 is 0 Å².